The molecule has 0 aliphatic heterocycles. The molecule has 2 N–H and O–H groups in total. The summed E-state index contributed by atoms with van der Waals surface area (Å²) in [5.74, 6) is 1.69. The Hall–Kier alpha value is -4.13. The number of pyridine rings is 2. The average Bonchev–Trinajstić information content (AvgIpc) is 3.18. The molecule has 0 aliphatic rings. The second kappa shape index (κ2) is 7.60. The fourth-order valence-corrected chi connectivity index (χ4v) is 3.52. The summed E-state index contributed by atoms with van der Waals surface area (Å²) in [6, 6.07) is 16.0. The van der Waals surface area contributed by atoms with Gasteiger partial charge in [0, 0.05) is 24.3 Å². The third-order valence-corrected chi connectivity index (χ3v) is 5.20. The SMILES string of the molecule is CCc1ccc(-n2c(-c3cccnc3N)nc3ccc(-c4ncc(C)cn4)nc32)cc1. The monoisotopic (exact) mass is 407 g/mol. The summed E-state index contributed by atoms with van der Waals surface area (Å²) in [6.07, 6.45) is 6.22. The van der Waals surface area contributed by atoms with Crippen LogP contribution in [0.1, 0.15) is 18.1 Å². The summed E-state index contributed by atoms with van der Waals surface area (Å²) in [6.45, 7) is 4.10. The molecular formula is C24H21N7. The summed E-state index contributed by atoms with van der Waals surface area (Å²) in [5.41, 5.74) is 12.3. The number of rotatable bonds is 4. The Morgan fingerprint density at radius 3 is 2.39 bits per heavy atom. The van der Waals surface area contributed by atoms with Gasteiger partial charge in [0.15, 0.2) is 17.3 Å². The highest BCUT2D eigenvalue weighted by Crippen LogP contribution is 2.31. The molecular weight excluding hydrogens is 386 g/mol. The van der Waals surface area contributed by atoms with E-state index in [0.717, 1.165) is 28.8 Å². The van der Waals surface area contributed by atoms with Gasteiger partial charge in [-0.3, -0.25) is 4.57 Å². The number of nitrogens with two attached hydrogens (primary N) is 1. The van der Waals surface area contributed by atoms with Crippen molar-refractivity contribution < 1.29 is 0 Å². The average molecular weight is 407 g/mol. The number of aromatic nitrogens is 6. The van der Waals surface area contributed by atoms with E-state index in [1.165, 1.54) is 5.56 Å². The highest BCUT2D eigenvalue weighted by atomic mass is 15.1. The lowest BCUT2D eigenvalue weighted by molar-refractivity contribution is 1.06. The Bertz CT molecular complexity index is 1370. The van der Waals surface area contributed by atoms with Gasteiger partial charge in [-0.1, -0.05) is 19.1 Å². The van der Waals surface area contributed by atoms with Crippen LogP contribution in [-0.4, -0.2) is 29.5 Å². The molecule has 0 saturated carbocycles. The fraction of sp³-hybridized carbons (Fsp3) is 0.125. The molecule has 7 heteroatoms. The zero-order valence-corrected chi connectivity index (χ0v) is 17.3. The molecule has 0 spiro atoms. The molecule has 5 aromatic rings. The molecule has 0 atom stereocenters. The summed E-state index contributed by atoms with van der Waals surface area (Å²) in [7, 11) is 0. The van der Waals surface area contributed by atoms with Crippen LogP contribution in [0.5, 0.6) is 0 Å². The van der Waals surface area contributed by atoms with Crippen LogP contribution in [-0.2, 0) is 6.42 Å². The number of nitrogen functional groups attached to an aromatic ring is 1. The van der Waals surface area contributed by atoms with Crippen molar-refractivity contribution >= 4 is 17.0 Å². The Morgan fingerprint density at radius 1 is 0.903 bits per heavy atom. The third-order valence-electron chi connectivity index (χ3n) is 5.20. The second-order valence-corrected chi connectivity index (χ2v) is 7.35. The zero-order valence-electron chi connectivity index (χ0n) is 17.3. The molecule has 0 amide bonds. The van der Waals surface area contributed by atoms with Crippen molar-refractivity contribution in [2.24, 2.45) is 0 Å². The minimum atomic E-state index is 0.423. The molecule has 1 aromatic carbocycles. The maximum Gasteiger partial charge on any atom is 0.178 e. The minimum absolute atomic E-state index is 0.423. The van der Waals surface area contributed by atoms with Gasteiger partial charge in [0.05, 0.1) is 5.56 Å². The third kappa shape index (κ3) is 3.40. The number of hydrogen-bond donors (Lipinski definition) is 1. The quantitative estimate of drug-likeness (QED) is 0.475. The number of benzene rings is 1. The molecule has 31 heavy (non-hydrogen) atoms. The molecule has 0 fully saturated rings. The maximum absolute atomic E-state index is 6.20. The van der Waals surface area contributed by atoms with Gasteiger partial charge >= 0.3 is 0 Å². The number of nitrogens with zero attached hydrogens (tertiary/aromatic N) is 6. The predicted octanol–water partition coefficient (Wildman–Crippen LogP) is 4.39. The van der Waals surface area contributed by atoms with Crippen LogP contribution in [0.25, 0.3) is 39.8 Å². The van der Waals surface area contributed by atoms with Gasteiger partial charge in [0.2, 0.25) is 0 Å². The molecule has 7 nitrogen and oxygen atoms in total. The van der Waals surface area contributed by atoms with E-state index in [9.17, 15) is 0 Å². The van der Waals surface area contributed by atoms with Crippen molar-refractivity contribution in [3.05, 3.63) is 78.2 Å². The number of aryl methyl sites for hydroxylation is 2. The second-order valence-electron chi connectivity index (χ2n) is 7.35. The van der Waals surface area contributed by atoms with Crippen LogP contribution in [0.15, 0.2) is 67.1 Å². The molecule has 0 radical (unpaired) electrons. The molecule has 0 unspecified atom stereocenters. The summed E-state index contributed by atoms with van der Waals surface area (Å²) in [4.78, 5) is 22.8. The number of imidazole rings is 1. The molecule has 152 valence electrons. The van der Waals surface area contributed by atoms with Crippen molar-refractivity contribution in [2.45, 2.75) is 20.3 Å². The van der Waals surface area contributed by atoms with Gasteiger partial charge in [-0.25, -0.2) is 24.9 Å². The Kier molecular flexibility index (Phi) is 4.63. The number of anilines is 1. The van der Waals surface area contributed by atoms with Gasteiger partial charge in [-0.2, -0.15) is 0 Å². The molecule has 0 aliphatic carbocycles. The highest BCUT2D eigenvalue weighted by molar-refractivity contribution is 5.84. The van der Waals surface area contributed by atoms with E-state index in [2.05, 4.69) is 46.1 Å². The van der Waals surface area contributed by atoms with Crippen LogP contribution in [0, 0.1) is 6.92 Å². The predicted molar refractivity (Wildman–Crippen MR) is 122 cm³/mol. The van der Waals surface area contributed by atoms with Crippen LogP contribution in [0.2, 0.25) is 0 Å². The molecule has 4 aromatic heterocycles. The van der Waals surface area contributed by atoms with Crippen molar-refractivity contribution in [1.29, 1.82) is 0 Å². The van der Waals surface area contributed by atoms with E-state index >= 15 is 0 Å². The number of hydrogen-bond acceptors (Lipinski definition) is 6. The standard InChI is InChI=1S/C24H21N7/c1-3-16-6-8-17(9-7-16)31-23(18-5-4-12-26-21(18)25)30-20-11-10-19(29-24(20)31)22-27-13-15(2)14-28-22/h4-14H,3H2,1-2H3,(H2,25,26). The normalized spacial score (nSPS) is 11.2. The maximum atomic E-state index is 6.20. The first kappa shape index (κ1) is 18.9. The fourth-order valence-electron chi connectivity index (χ4n) is 3.52. The lowest BCUT2D eigenvalue weighted by atomic mass is 10.1. The molecule has 0 saturated heterocycles. The lowest BCUT2D eigenvalue weighted by Crippen LogP contribution is -2.02. The zero-order chi connectivity index (χ0) is 21.4. The Morgan fingerprint density at radius 2 is 1.68 bits per heavy atom. The van der Waals surface area contributed by atoms with Crippen molar-refractivity contribution in [3.8, 4) is 28.6 Å². The summed E-state index contributed by atoms with van der Waals surface area (Å²) >= 11 is 0. The first-order valence-corrected chi connectivity index (χ1v) is 10.1. The van der Waals surface area contributed by atoms with Gasteiger partial charge < -0.3 is 5.73 Å². The smallest absolute Gasteiger partial charge is 0.178 e. The Balaban J connectivity index is 1.77. The topological polar surface area (TPSA) is 95.4 Å². The van der Waals surface area contributed by atoms with Crippen LogP contribution in [0.3, 0.4) is 0 Å². The van der Waals surface area contributed by atoms with E-state index in [1.807, 2.05) is 35.8 Å². The first-order chi connectivity index (χ1) is 15.1. The van der Waals surface area contributed by atoms with Crippen molar-refractivity contribution in [3.63, 3.8) is 0 Å². The van der Waals surface area contributed by atoms with Gasteiger partial charge in [0.25, 0.3) is 0 Å². The van der Waals surface area contributed by atoms with E-state index < -0.39 is 0 Å². The minimum Gasteiger partial charge on any atom is -0.383 e. The number of fused-ring (bicyclic) bond motifs is 1. The summed E-state index contributed by atoms with van der Waals surface area (Å²) in [5, 5.41) is 0. The lowest BCUT2D eigenvalue weighted by Gasteiger charge is -2.11. The van der Waals surface area contributed by atoms with E-state index in [-0.39, 0.29) is 0 Å². The van der Waals surface area contributed by atoms with E-state index in [0.29, 0.717) is 28.8 Å². The largest absolute Gasteiger partial charge is 0.383 e. The molecule has 0 bridgehead atoms. The van der Waals surface area contributed by atoms with Gasteiger partial charge in [-0.15, -0.1) is 0 Å². The van der Waals surface area contributed by atoms with E-state index in [1.54, 1.807) is 18.6 Å². The van der Waals surface area contributed by atoms with Crippen molar-refractivity contribution in [2.75, 3.05) is 5.73 Å². The van der Waals surface area contributed by atoms with Crippen molar-refractivity contribution in [1.82, 2.24) is 29.5 Å². The Labute approximate surface area is 179 Å². The van der Waals surface area contributed by atoms with Crippen LogP contribution < -0.4 is 5.73 Å². The highest BCUT2D eigenvalue weighted by Gasteiger charge is 2.19. The van der Waals surface area contributed by atoms with E-state index in [4.69, 9.17) is 15.7 Å². The summed E-state index contributed by atoms with van der Waals surface area (Å²) < 4.78 is 2.01. The van der Waals surface area contributed by atoms with Crippen LogP contribution in [0.4, 0.5) is 5.82 Å². The first-order valence-electron chi connectivity index (χ1n) is 10.1. The molecule has 4 heterocycles. The van der Waals surface area contributed by atoms with Gasteiger partial charge in [0.1, 0.15) is 17.0 Å². The van der Waals surface area contributed by atoms with Crippen LogP contribution >= 0.6 is 0 Å². The molecule has 5 rings (SSSR count). The van der Waals surface area contributed by atoms with Gasteiger partial charge in [-0.05, 0) is 60.9 Å².